The van der Waals surface area contributed by atoms with Crippen LogP contribution < -0.4 is 4.90 Å². The Morgan fingerprint density at radius 3 is 2.70 bits per heavy atom. The molecular formula is C15H17ClN2O3S2. The summed E-state index contributed by atoms with van der Waals surface area (Å²) in [6.07, 6.45) is 1.13. The van der Waals surface area contributed by atoms with E-state index >= 15 is 0 Å². The molecule has 0 N–H and O–H groups in total. The van der Waals surface area contributed by atoms with Crippen LogP contribution in [-0.2, 0) is 14.6 Å². The van der Waals surface area contributed by atoms with E-state index in [2.05, 4.69) is 4.99 Å². The van der Waals surface area contributed by atoms with E-state index in [0.717, 1.165) is 12.1 Å². The van der Waals surface area contributed by atoms with Gasteiger partial charge in [0.1, 0.15) is 0 Å². The van der Waals surface area contributed by atoms with Crippen molar-refractivity contribution in [2.45, 2.75) is 31.1 Å². The Balaban J connectivity index is 1.97. The third kappa shape index (κ3) is 3.56. The van der Waals surface area contributed by atoms with E-state index in [9.17, 15) is 13.2 Å². The molecule has 2 aliphatic heterocycles. The second-order valence-electron chi connectivity index (χ2n) is 5.69. The quantitative estimate of drug-likeness (QED) is 0.816. The van der Waals surface area contributed by atoms with E-state index in [-0.39, 0.29) is 28.7 Å². The zero-order chi connectivity index (χ0) is 16.6. The van der Waals surface area contributed by atoms with Crippen LogP contribution in [0.25, 0.3) is 0 Å². The summed E-state index contributed by atoms with van der Waals surface area (Å²) < 4.78 is 23.9. The maximum Gasteiger partial charge on any atom is 0.248 e. The van der Waals surface area contributed by atoms with Crippen molar-refractivity contribution in [1.82, 2.24) is 0 Å². The number of nitrogens with zero attached hydrogens (tertiary/aromatic N) is 2. The van der Waals surface area contributed by atoms with Gasteiger partial charge >= 0.3 is 0 Å². The SMILES string of the molecule is CCCC(=O)N=C1S[C@H]2CS(=O)(=O)C[C@H]2N1c1ccc(Cl)cc1. The number of amidine groups is 1. The Kier molecular flexibility index (Phi) is 4.71. The number of fused-ring (bicyclic) bond motifs is 1. The predicted octanol–water partition coefficient (Wildman–Crippen LogP) is 2.74. The first-order valence-corrected chi connectivity index (χ1v) is 10.5. The number of anilines is 1. The number of sulfone groups is 1. The second kappa shape index (κ2) is 6.45. The van der Waals surface area contributed by atoms with Gasteiger partial charge in [-0.1, -0.05) is 30.3 Å². The zero-order valence-electron chi connectivity index (χ0n) is 12.6. The molecule has 0 unspecified atom stereocenters. The molecule has 0 aromatic heterocycles. The van der Waals surface area contributed by atoms with Gasteiger partial charge in [0.2, 0.25) is 5.91 Å². The Morgan fingerprint density at radius 2 is 2.04 bits per heavy atom. The molecule has 1 aromatic rings. The summed E-state index contributed by atoms with van der Waals surface area (Å²) in [6, 6.07) is 6.99. The summed E-state index contributed by atoms with van der Waals surface area (Å²) in [4.78, 5) is 18.0. The van der Waals surface area contributed by atoms with Gasteiger partial charge in [0, 0.05) is 22.4 Å². The molecule has 1 amide bonds. The molecule has 23 heavy (non-hydrogen) atoms. The summed E-state index contributed by atoms with van der Waals surface area (Å²) in [6.45, 7) is 1.93. The molecule has 0 bridgehead atoms. The smallest absolute Gasteiger partial charge is 0.248 e. The van der Waals surface area contributed by atoms with Crippen LogP contribution in [0.4, 0.5) is 5.69 Å². The van der Waals surface area contributed by atoms with Crippen molar-refractivity contribution in [1.29, 1.82) is 0 Å². The normalized spacial score (nSPS) is 27.4. The molecule has 0 spiro atoms. The molecule has 2 fully saturated rings. The van der Waals surface area contributed by atoms with Crippen molar-refractivity contribution in [3.05, 3.63) is 29.3 Å². The number of carbonyl (C=O) groups is 1. The van der Waals surface area contributed by atoms with Crippen LogP contribution in [-0.4, -0.2) is 42.3 Å². The van der Waals surface area contributed by atoms with Crippen molar-refractivity contribution in [3.8, 4) is 0 Å². The van der Waals surface area contributed by atoms with Crippen LogP contribution in [0.15, 0.2) is 29.3 Å². The fourth-order valence-electron chi connectivity index (χ4n) is 2.84. The van der Waals surface area contributed by atoms with Crippen molar-refractivity contribution in [2.75, 3.05) is 16.4 Å². The molecule has 2 heterocycles. The van der Waals surface area contributed by atoms with Crippen LogP contribution in [0.1, 0.15) is 19.8 Å². The van der Waals surface area contributed by atoms with Gasteiger partial charge in [-0.05, 0) is 30.7 Å². The molecular weight excluding hydrogens is 356 g/mol. The van der Waals surface area contributed by atoms with Crippen molar-refractivity contribution < 1.29 is 13.2 Å². The maximum absolute atomic E-state index is 11.9. The molecule has 124 valence electrons. The average Bonchev–Trinajstić information content (AvgIpc) is 2.91. The minimum absolute atomic E-state index is 0.0798. The Morgan fingerprint density at radius 1 is 1.35 bits per heavy atom. The molecule has 1 aromatic carbocycles. The third-order valence-corrected chi connectivity index (χ3v) is 7.32. The Labute approximate surface area is 145 Å². The fourth-order valence-corrected chi connectivity index (χ4v) is 6.90. The van der Waals surface area contributed by atoms with Gasteiger partial charge in [0.05, 0.1) is 17.5 Å². The van der Waals surface area contributed by atoms with Gasteiger partial charge in [0.25, 0.3) is 0 Å². The van der Waals surface area contributed by atoms with Gasteiger partial charge in [-0.3, -0.25) is 4.79 Å². The highest BCUT2D eigenvalue weighted by Crippen LogP contribution is 2.41. The van der Waals surface area contributed by atoms with Crippen molar-refractivity contribution in [2.24, 2.45) is 4.99 Å². The van der Waals surface area contributed by atoms with E-state index < -0.39 is 9.84 Å². The summed E-state index contributed by atoms with van der Waals surface area (Å²) in [5, 5.41) is 1.12. The monoisotopic (exact) mass is 372 g/mol. The average molecular weight is 373 g/mol. The van der Waals surface area contributed by atoms with Crippen LogP contribution in [0.5, 0.6) is 0 Å². The molecule has 8 heteroatoms. The zero-order valence-corrected chi connectivity index (χ0v) is 15.0. The summed E-state index contributed by atoms with van der Waals surface area (Å²) in [5.41, 5.74) is 0.814. The molecule has 5 nitrogen and oxygen atoms in total. The Hall–Kier alpha value is -1.05. The molecule has 2 aliphatic rings. The highest BCUT2D eigenvalue weighted by atomic mass is 35.5. The summed E-state index contributed by atoms with van der Waals surface area (Å²) in [5.74, 6) is 0.0543. The number of benzene rings is 1. The molecule has 3 rings (SSSR count). The lowest BCUT2D eigenvalue weighted by atomic mass is 10.2. The van der Waals surface area contributed by atoms with Crippen LogP contribution in [0.3, 0.4) is 0 Å². The Bertz CT molecular complexity index is 746. The van der Waals surface area contributed by atoms with Crippen LogP contribution in [0.2, 0.25) is 5.02 Å². The third-order valence-electron chi connectivity index (χ3n) is 3.86. The van der Waals surface area contributed by atoms with Crippen LogP contribution >= 0.6 is 23.4 Å². The number of carbonyl (C=O) groups excluding carboxylic acids is 1. The van der Waals surface area contributed by atoms with Gasteiger partial charge in [-0.15, -0.1) is 0 Å². The highest BCUT2D eigenvalue weighted by molar-refractivity contribution is 8.16. The lowest BCUT2D eigenvalue weighted by Gasteiger charge is -2.24. The maximum atomic E-state index is 11.9. The van der Waals surface area contributed by atoms with Gasteiger partial charge in [-0.25, -0.2) is 8.42 Å². The van der Waals surface area contributed by atoms with Gasteiger partial charge < -0.3 is 4.90 Å². The highest BCUT2D eigenvalue weighted by Gasteiger charge is 2.49. The number of rotatable bonds is 3. The number of aliphatic imine (C=N–C) groups is 1. The predicted molar refractivity (Wildman–Crippen MR) is 95.1 cm³/mol. The van der Waals surface area contributed by atoms with Gasteiger partial charge in [-0.2, -0.15) is 4.99 Å². The van der Waals surface area contributed by atoms with Gasteiger partial charge in [0.15, 0.2) is 15.0 Å². The van der Waals surface area contributed by atoms with Crippen LogP contribution in [0, 0.1) is 0 Å². The molecule has 0 aliphatic carbocycles. The minimum atomic E-state index is -3.05. The van der Waals surface area contributed by atoms with Crippen molar-refractivity contribution >= 4 is 50.0 Å². The molecule has 0 radical (unpaired) electrons. The topological polar surface area (TPSA) is 66.8 Å². The molecule has 2 saturated heterocycles. The first-order valence-electron chi connectivity index (χ1n) is 7.43. The van der Waals surface area contributed by atoms with E-state index in [1.807, 2.05) is 24.0 Å². The molecule has 0 saturated carbocycles. The molecule has 2 atom stereocenters. The van der Waals surface area contributed by atoms with E-state index in [1.165, 1.54) is 11.8 Å². The fraction of sp³-hybridized carbons (Fsp3) is 0.467. The lowest BCUT2D eigenvalue weighted by Crippen LogP contribution is -2.37. The summed E-state index contributed by atoms with van der Waals surface area (Å²) in [7, 11) is -3.05. The number of halogens is 1. The van der Waals surface area contributed by atoms with E-state index in [0.29, 0.717) is 16.6 Å². The number of hydrogen-bond acceptors (Lipinski definition) is 4. The minimum Gasteiger partial charge on any atom is -0.316 e. The second-order valence-corrected chi connectivity index (χ2v) is 9.48. The lowest BCUT2D eigenvalue weighted by molar-refractivity contribution is -0.117. The van der Waals surface area contributed by atoms with Crippen molar-refractivity contribution in [3.63, 3.8) is 0 Å². The van der Waals surface area contributed by atoms with E-state index in [4.69, 9.17) is 11.6 Å². The number of thioether (sulfide) groups is 1. The van der Waals surface area contributed by atoms with E-state index in [1.54, 1.807) is 12.1 Å². The standard InChI is InChI=1S/C15H17ClN2O3S2/c1-2-3-14(19)17-15-18(11-6-4-10(16)5-7-11)12-8-23(20,21)9-13(12)22-15/h4-7,12-13H,2-3,8-9H2,1H3/t12-,13+/m1/s1. The number of hydrogen-bond donors (Lipinski definition) is 0. The largest absolute Gasteiger partial charge is 0.316 e. The first-order chi connectivity index (χ1) is 10.9. The first kappa shape index (κ1) is 16.8. The number of amides is 1. The summed E-state index contributed by atoms with van der Waals surface area (Å²) >= 11 is 7.32.